The summed E-state index contributed by atoms with van der Waals surface area (Å²) in [5, 5.41) is 31.6. The van der Waals surface area contributed by atoms with Crippen LogP contribution in [0.25, 0.3) is 11.3 Å². The molecule has 1 aromatic heterocycles. The first-order valence-electron chi connectivity index (χ1n) is 11.3. The van der Waals surface area contributed by atoms with Gasteiger partial charge < -0.3 is 20.4 Å². The van der Waals surface area contributed by atoms with E-state index >= 15 is 0 Å². The number of aromatic nitrogens is 2. The summed E-state index contributed by atoms with van der Waals surface area (Å²) >= 11 is 0. The van der Waals surface area contributed by atoms with Gasteiger partial charge in [0.2, 0.25) is 0 Å². The molecule has 33 heavy (non-hydrogen) atoms. The van der Waals surface area contributed by atoms with Crippen molar-refractivity contribution in [2.75, 3.05) is 44.6 Å². The first-order valence-corrected chi connectivity index (χ1v) is 11.3. The molecular weight excluding hydrogens is 435 g/mol. The number of halogens is 3. The van der Waals surface area contributed by atoms with Gasteiger partial charge in [-0.1, -0.05) is 0 Å². The highest BCUT2D eigenvalue weighted by atomic mass is 19.4. The van der Waals surface area contributed by atoms with Gasteiger partial charge in [-0.05, 0) is 62.6 Å². The second kappa shape index (κ2) is 9.82. The number of alkyl halides is 3. The molecule has 2 aliphatic heterocycles. The van der Waals surface area contributed by atoms with Crippen LogP contribution in [0.4, 0.5) is 19.0 Å². The fraction of sp³-hybridized carbons (Fsp3) is 0.565. The third-order valence-electron chi connectivity index (χ3n) is 6.40. The smallest absolute Gasteiger partial charge is 0.416 e. The van der Waals surface area contributed by atoms with Crippen LogP contribution >= 0.6 is 0 Å². The predicted octanol–water partition coefficient (Wildman–Crippen LogP) is 3.12. The zero-order chi connectivity index (χ0) is 23.6. The maximum atomic E-state index is 12.9. The van der Waals surface area contributed by atoms with Crippen molar-refractivity contribution in [1.29, 1.82) is 0 Å². The number of nitrogens with one attached hydrogen (secondary N) is 1. The van der Waals surface area contributed by atoms with Crippen molar-refractivity contribution in [3.8, 4) is 17.0 Å². The standard InChI is InChI=1S/C23H30F3N5O2/c1-15-11-21(28-29-22(15)19-5-4-16(12-20(19)33)23(24,25)26)27-17-3-2-7-30(13-17)9-10-31-8-6-18(32)14-31/h4-5,11-12,17-18,32-33H,2-3,6-10,13-14H2,1H3,(H,27,28)/t17-,18+/m1/s1. The van der Waals surface area contributed by atoms with Crippen molar-refractivity contribution in [1.82, 2.24) is 20.0 Å². The number of phenolic OH excluding ortho intramolecular Hbond substituents is 1. The summed E-state index contributed by atoms with van der Waals surface area (Å²) in [7, 11) is 0. The van der Waals surface area contributed by atoms with Crippen LogP contribution in [0.3, 0.4) is 0 Å². The minimum absolute atomic E-state index is 0.199. The molecule has 180 valence electrons. The van der Waals surface area contributed by atoms with E-state index in [2.05, 4.69) is 25.3 Å². The topological polar surface area (TPSA) is 84.8 Å². The van der Waals surface area contributed by atoms with Crippen LogP contribution in [-0.4, -0.2) is 81.6 Å². The number of anilines is 1. The molecule has 2 saturated heterocycles. The van der Waals surface area contributed by atoms with Gasteiger partial charge in [0.05, 0.1) is 17.4 Å². The maximum Gasteiger partial charge on any atom is 0.416 e. The minimum atomic E-state index is -4.52. The van der Waals surface area contributed by atoms with Gasteiger partial charge in [0.15, 0.2) is 0 Å². The zero-order valence-electron chi connectivity index (χ0n) is 18.6. The number of likely N-dealkylation sites (tertiary alicyclic amines) is 2. The summed E-state index contributed by atoms with van der Waals surface area (Å²) in [5.74, 6) is 0.133. The molecule has 2 atom stereocenters. The molecule has 10 heteroatoms. The Balaban J connectivity index is 1.37. The molecule has 0 radical (unpaired) electrons. The number of aliphatic hydroxyl groups excluding tert-OH is 1. The molecule has 4 rings (SSSR count). The van der Waals surface area contributed by atoms with E-state index in [1.807, 2.05) is 6.07 Å². The molecule has 0 saturated carbocycles. The van der Waals surface area contributed by atoms with E-state index in [4.69, 9.17) is 0 Å². The largest absolute Gasteiger partial charge is 0.507 e. The van der Waals surface area contributed by atoms with Gasteiger partial charge in [-0.2, -0.15) is 13.2 Å². The van der Waals surface area contributed by atoms with Crippen LogP contribution in [0.2, 0.25) is 0 Å². The van der Waals surface area contributed by atoms with Crippen molar-refractivity contribution < 1.29 is 23.4 Å². The molecule has 2 aliphatic rings. The Morgan fingerprint density at radius 1 is 1.06 bits per heavy atom. The number of nitrogens with zero attached hydrogens (tertiary/aromatic N) is 4. The summed E-state index contributed by atoms with van der Waals surface area (Å²) in [4.78, 5) is 4.71. The van der Waals surface area contributed by atoms with Crippen molar-refractivity contribution in [2.24, 2.45) is 0 Å². The van der Waals surface area contributed by atoms with Crippen LogP contribution in [0.15, 0.2) is 24.3 Å². The second-order valence-corrected chi connectivity index (χ2v) is 9.02. The molecule has 0 aliphatic carbocycles. The Morgan fingerprint density at radius 3 is 2.45 bits per heavy atom. The van der Waals surface area contributed by atoms with E-state index in [0.29, 0.717) is 23.1 Å². The number of benzene rings is 1. The Hall–Kier alpha value is -2.43. The lowest BCUT2D eigenvalue weighted by Gasteiger charge is -2.34. The third kappa shape index (κ3) is 5.93. The van der Waals surface area contributed by atoms with Gasteiger partial charge in [-0.15, -0.1) is 10.2 Å². The quantitative estimate of drug-likeness (QED) is 0.605. The number of β-amino-alcohol motifs (C(OH)–C–C–N with tert-alkyl or cyclic N) is 1. The molecule has 3 N–H and O–H groups in total. The number of hydrogen-bond acceptors (Lipinski definition) is 7. The van der Waals surface area contributed by atoms with Crippen LogP contribution in [0.1, 0.15) is 30.4 Å². The highest BCUT2D eigenvalue weighted by Crippen LogP contribution is 2.36. The number of phenols is 1. The summed E-state index contributed by atoms with van der Waals surface area (Å²) in [5.41, 5.74) is 0.374. The third-order valence-corrected chi connectivity index (χ3v) is 6.40. The first kappa shape index (κ1) is 23.7. The van der Waals surface area contributed by atoms with E-state index in [0.717, 1.165) is 64.6 Å². The highest BCUT2D eigenvalue weighted by molar-refractivity contribution is 5.70. The van der Waals surface area contributed by atoms with Crippen LogP contribution in [-0.2, 0) is 6.18 Å². The number of hydrogen-bond donors (Lipinski definition) is 3. The molecule has 3 heterocycles. The fourth-order valence-corrected chi connectivity index (χ4v) is 4.61. The number of aryl methyl sites for hydroxylation is 1. The molecule has 2 aromatic rings. The average molecular weight is 466 g/mol. The Morgan fingerprint density at radius 2 is 1.82 bits per heavy atom. The van der Waals surface area contributed by atoms with Gasteiger partial charge in [-0.3, -0.25) is 4.90 Å². The second-order valence-electron chi connectivity index (χ2n) is 9.02. The van der Waals surface area contributed by atoms with Crippen molar-refractivity contribution >= 4 is 5.82 Å². The number of aliphatic hydroxyl groups is 1. The normalized spacial score (nSPS) is 22.6. The molecule has 2 fully saturated rings. The fourth-order valence-electron chi connectivity index (χ4n) is 4.61. The van der Waals surface area contributed by atoms with Gasteiger partial charge in [0.25, 0.3) is 0 Å². The summed E-state index contributed by atoms with van der Waals surface area (Å²) in [6, 6.07) is 4.90. The van der Waals surface area contributed by atoms with Crippen molar-refractivity contribution in [3.05, 3.63) is 35.4 Å². The molecule has 0 unspecified atom stereocenters. The SMILES string of the molecule is Cc1cc(N[C@@H]2CCCN(CCN3CC[C@H](O)C3)C2)nnc1-c1ccc(C(F)(F)F)cc1O. The van der Waals surface area contributed by atoms with Crippen molar-refractivity contribution in [2.45, 2.75) is 44.5 Å². The van der Waals surface area contributed by atoms with E-state index in [-0.39, 0.29) is 17.7 Å². The summed E-state index contributed by atoms with van der Waals surface area (Å²) in [6.07, 6.45) is -1.78. The monoisotopic (exact) mass is 465 g/mol. The Kier molecular flexibility index (Phi) is 7.06. The van der Waals surface area contributed by atoms with Crippen LogP contribution in [0, 0.1) is 6.92 Å². The lowest BCUT2D eigenvalue weighted by Crippen LogP contribution is -2.45. The zero-order valence-corrected chi connectivity index (χ0v) is 18.6. The molecular formula is C23H30F3N5O2. The van der Waals surface area contributed by atoms with E-state index in [9.17, 15) is 23.4 Å². The number of rotatable bonds is 6. The Bertz CT molecular complexity index is 972. The average Bonchev–Trinajstić information content (AvgIpc) is 3.18. The molecule has 0 spiro atoms. The minimum Gasteiger partial charge on any atom is -0.507 e. The van der Waals surface area contributed by atoms with Gasteiger partial charge in [-0.25, -0.2) is 0 Å². The van der Waals surface area contributed by atoms with Crippen LogP contribution < -0.4 is 5.32 Å². The highest BCUT2D eigenvalue weighted by Gasteiger charge is 2.31. The lowest BCUT2D eigenvalue weighted by molar-refractivity contribution is -0.137. The molecule has 0 bridgehead atoms. The first-order chi connectivity index (χ1) is 15.7. The van der Waals surface area contributed by atoms with E-state index in [1.54, 1.807) is 6.92 Å². The number of piperidine rings is 1. The van der Waals surface area contributed by atoms with Crippen LogP contribution in [0.5, 0.6) is 5.75 Å². The molecule has 1 aromatic carbocycles. The van der Waals surface area contributed by atoms with Gasteiger partial charge >= 0.3 is 6.18 Å². The molecule has 7 nitrogen and oxygen atoms in total. The predicted molar refractivity (Wildman–Crippen MR) is 119 cm³/mol. The van der Waals surface area contributed by atoms with Gasteiger partial charge in [0.1, 0.15) is 11.6 Å². The van der Waals surface area contributed by atoms with E-state index < -0.39 is 17.5 Å². The maximum absolute atomic E-state index is 12.9. The summed E-state index contributed by atoms with van der Waals surface area (Å²) < 4.78 is 38.6. The summed E-state index contributed by atoms with van der Waals surface area (Å²) in [6.45, 7) is 7.35. The number of aromatic hydroxyl groups is 1. The Labute approximate surface area is 191 Å². The lowest BCUT2D eigenvalue weighted by atomic mass is 10.0. The van der Waals surface area contributed by atoms with E-state index in [1.165, 1.54) is 6.07 Å². The van der Waals surface area contributed by atoms with Crippen molar-refractivity contribution in [3.63, 3.8) is 0 Å². The van der Waals surface area contributed by atoms with Gasteiger partial charge in [0, 0.05) is 44.3 Å². The molecule has 0 amide bonds.